The van der Waals surface area contributed by atoms with Crippen LogP contribution < -0.4 is 0 Å². The minimum atomic E-state index is 0.0602. The quantitative estimate of drug-likeness (QED) is 0.410. The van der Waals surface area contributed by atoms with Gasteiger partial charge in [-0.1, -0.05) is 25.2 Å². The van der Waals surface area contributed by atoms with Crippen molar-refractivity contribution in [2.75, 3.05) is 0 Å². The first-order valence-corrected chi connectivity index (χ1v) is 2.92. The molecule has 0 aliphatic carbocycles. The zero-order valence-corrected chi connectivity index (χ0v) is 5.77. The first kappa shape index (κ1) is 7.76. The first-order chi connectivity index (χ1) is 3.68. The Labute approximate surface area is 54.8 Å². The van der Waals surface area contributed by atoms with Gasteiger partial charge >= 0.3 is 0 Å². The molecule has 44 valence electrons. The molecule has 0 radical (unpaired) electrons. The standard InChI is InChI=1S/C5H8BClO/c1-6(2)5(8)3-4-7/h3-4H,1-2H3/b4-3+. The van der Waals surface area contributed by atoms with Gasteiger partial charge in [-0.05, 0) is 6.08 Å². The predicted octanol–water partition coefficient (Wildman–Crippen LogP) is 1.60. The molecule has 0 atom stereocenters. The van der Waals surface area contributed by atoms with Crippen molar-refractivity contribution in [1.82, 2.24) is 0 Å². The van der Waals surface area contributed by atoms with E-state index in [4.69, 9.17) is 11.6 Å². The van der Waals surface area contributed by atoms with Gasteiger partial charge in [0.25, 0.3) is 0 Å². The van der Waals surface area contributed by atoms with Crippen LogP contribution in [-0.2, 0) is 4.79 Å². The summed E-state index contributed by atoms with van der Waals surface area (Å²) in [5.74, 6) is 0. The molecule has 0 bridgehead atoms. The van der Waals surface area contributed by atoms with Crippen molar-refractivity contribution in [2.45, 2.75) is 13.6 Å². The normalized spacial score (nSPS) is 9.88. The summed E-state index contributed by atoms with van der Waals surface area (Å²) < 4.78 is 0. The van der Waals surface area contributed by atoms with Gasteiger partial charge in [-0.3, -0.25) is 0 Å². The van der Waals surface area contributed by atoms with Crippen LogP contribution in [0.4, 0.5) is 0 Å². The summed E-state index contributed by atoms with van der Waals surface area (Å²) in [5.41, 5.74) is 1.31. The molecule has 0 aromatic carbocycles. The summed E-state index contributed by atoms with van der Waals surface area (Å²) in [4.78, 5) is 10.6. The van der Waals surface area contributed by atoms with Crippen molar-refractivity contribution in [1.29, 1.82) is 0 Å². The summed E-state index contributed by atoms with van der Waals surface area (Å²) in [7, 11) is 0. The number of allylic oxidation sites excluding steroid dienone is 1. The van der Waals surface area contributed by atoms with Gasteiger partial charge in [-0.15, -0.1) is 0 Å². The van der Waals surface area contributed by atoms with Gasteiger partial charge in [-0.25, -0.2) is 0 Å². The predicted molar refractivity (Wildman–Crippen MR) is 37.5 cm³/mol. The lowest BCUT2D eigenvalue weighted by molar-refractivity contribution is -0.108. The van der Waals surface area contributed by atoms with Crippen LogP contribution in [0, 0.1) is 0 Å². The lowest BCUT2D eigenvalue weighted by Gasteiger charge is -1.88. The highest BCUT2D eigenvalue weighted by Gasteiger charge is 2.04. The number of rotatable bonds is 2. The minimum absolute atomic E-state index is 0.0602. The van der Waals surface area contributed by atoms with Crippen molar-refractivity contribution in [3.05, 3.63) is 11.6 Å². The fourth-order valence-electron chi connectivity index (χ4n) is 0.255. The third kappa shape index (κ3) is 2.86. The number of carbonyl (C=O) groups is 1. The van der Waals surface area contributed by atoms with E-state index in [0.29, 0.717) is 0 Å². The Balaban J connectivity index is 3.66. The molecule has 0 rings (SSSR count). The fraction of sp³-hybridized carbons (Fsp3) is 0.400. The summed E-state index contributed by atoms with van der Waals surface area (Å²) in [6.07, 6.45) is 1.37. The summed E-state index contributed by atoms with van der Waals surface area (Å²) >= 11 is 5.14. The molecule has 0 aromatic rings. The SMILES string of the molecule is CB(C)C(=O)/C=C/Cl. The lowest BCUT2D eigenvalue weighted by atomic mass is 9.51. The lowest BCUT2D eigenvalue weighted by Crippen LogP contribution is -2.13. The molecule has 0 aliphatic heterocycles. The van der Waals surface area contributed by atoms with Crippen molar-refractivity contribution < 1.29 is 4.79 Å². The second kappa shape index (κ2) is 3.73. The maximum absolute atomic E-state index is 10.6. The third-order valence-corrected chi connectivity index (χ3v) is 0.922. The van der Waals surface area contributed by atoms with E-state index in [1.54, 1.807) is 0 Å². The van der Waals surface area contributed by atoms with E-state index >= 15 is 0 Å². The molecule has 0 amide bonds. The Morgan fingerprint density at radius 3 is 2.25 bits per heavy atom. The maximum atomic E-state index is 10.6. The molecule has 0 saturated carbocycles. The molecular weight excluding hydrogens is 122 g/mol. The van der Waals surface area contributed by atoms with Gasteiger partial charge in [0.1, 0.15) is 5.68 Å². The summed E-state index contributed by atoms with van der Waals surface area (Å²) in [5, 5.41) is 0. The van der Waals surface area contributed by atoms with Crippen LogP contribution in [0.5, 0.6) is 0 Å². The molecule has 8 heavy (non-hydrogen) atoms. The van der Waals surface area contributed by atoms with E-state index in [0.717, 1.165) is 0 Å². The molecule has 0 aliphatic rings. The second-order valence-corrected chi connectivity index (χ2v) is 2.10. The highest BCUT2D eigenvalue weighted by Crippen LogP contribution is 1.86. The number of hydrogen-bond donors (Lipinski definition) is 0. The molecule has 0 heterocycles. The van der Waals surface area contributed by atoms with Crippen LogP contribution in [0.2, 0.25) is 13.6 Å². The molecule has 0 aromatic heterocycles. The van der Waals surface area contributed by atoms with Crippen LogP contribution in [-0.4, -0.2) is 12.4 Å². The third-order valence-electron chi connectivity index (χ3n) is 0.796. The molecule has 0 fully saturated rings. The largest absolute Gasteiger partial charge is 0.306 e. The van der Waals surface area contributed by atoms with Crippen molar-refractivity contribution in [3.63, 3.8) is 0 Å². The molecule has 0 saturated heterocycles. The highest BCUT2D eigenvalue weighted by molar-refractivity contribution is 6.90. The van der Waals surface area contributed by atoms with E-state index in [1.807, 2.05) is 13.6 Å². The van der Waals surface area contributed by atoms with Gasteiger partial charge in [-0.2, -0.15) is 0 Å². The molecule has 1 nitrogen and oxygen atoms in total. The molecular formula is C5H8BClO. The van der Waals surface area contributed by atoms with Gasteiger partial charge in [0.05, 0.1) is 0 Å². The average Bonchev–Trinajstić information content (AvgIpc) is 1.67. The van der Waals surface area contributed by atoms with Crippen LogP contribution in [0.1, 0.15) is 0 Å². The Kier molecular flexibility index (Phi) is 3.62. The van der Waals surface area contributed by atoms with Crippen molar-refractivity contribution >= 4 is 24.0 Å². The average molecular weight is 130 g/mol. The van der Waals surface area contributed by atoms with Crippen molar-refractivity contribution in [3.8, 4) is 0 Å². The maximum Gasteiger partial charge on any atom is 0.222 e. The van der Waals surface area contributed by atoms with E-state index in [-0.39, 0.29) is 12.4 Å². The number of carbonyl (C=O) groups excluding carboxylic acids is 1. The van der Waals surface area contributed by atoms with E-state index < -0.39 is 0 Å². The Morgan fingerprint density at radius 2 is 2.12 bits per heavy atom. The monoisotopic (exact) mass is 130 g/mol. The molecule has 3 heteroatoms. The van der Waals surface area contributed by atoms with Gasteiger partial charge in [0.2, 0.25) is 6.71 Å². The topological polar surface area (TPSA) is 17.1 Å². The van der Waals surface area contributed by atoms with Crippen molar-refractivity contribution in [2.24, 2.45) is 0 Å². The van der Waals surface area contributed by atoms with E-state index in [2.05, 4.69) is 0 Å². The smallest absolute Gasteiger partial charge is 0.222 e. The minimum Gasteiger partial charge on any atom is -0.306 e. The summed E-state index contributed by atoms with van der Waals surface area (Å²) in [6.45, 7) is 3.73. The Morgan fingerprint density at radius 1 is 1.62 bits per heavy atom. The summed E-state index contributed by atoms with van der Waals surface area (Å²) in [6, 6.07) is 0. The van der Waals surface area contributed by atoms with Gasteiger partial charge < -0.3 is 4.79 Å². The van der Waals surface area contributed by atoms with Gasteiger partial charge in [0, 0.05) is 5.54 Å². The van der Waals surface area contributed by atoms with Gasteiger partial charge in [0.15, 0.2) is 0 Å². The van der Waals surface area contributed by atoms with Crippen LogP contribution in [0.15, 0.2) is 11.6 Å². The molecule has 0 N–H and O–H groups in total. The Bertz CT molecular complexity index is 109. The highest BCUT2D eigenvalue weighted by atomic mass is 35.5. The van der Waals surface area contributed by atoms with E-state index in [9.17, 15) is 4.79 Å². The molecule has 0 unspecified atom stereocenters. The zero-order valence-electron chi connectivity index (χ0n) is 5.02. The first-order valence-electron chi connectivity index (χ1n) is 2.49. The number of hydrogen-bond acceptors (Lipinski definition) is 1. The van der Waals surface area contributed by atoms with Crippen LogP contribution in [0.25, 0.3) is 0 Å². The molecule has 0 spiro atoms. The zero-order chi connectivity index (χ0) is 6.57. The fourth-order valence-corrected chi connectivity index (χ4v) is 0.379. The number of halogens is 1. The van der Waals surface area contributed by atoms with Crippen LogP contribution in [0.3, 0.4) is 0 Å². The van der Waals surface area contributed by atoms with E-state index in [1.165, 1.54) is 11.6 Å². The second-order valence-electron chi connectivity index (χ2n) is 1.85. The van der Waals surface area contributed by atoms with Crippen LogP contribution >= 0.6 is 11.6 Å². The Hall–Kier alpha value is -0.235.